The number of rotatable bonds is 7. The molecule has 0 aromatic heterocycles. The smallest absolute Gasteiger partial charge is 0.255 e. The molecule has 1 saturated heterocycles. The summed E-state index contributed by atoms with van der Waals surface area (Å²) in [7, 11) is 0. The molecule has 0 unspecified atom stereocenters. The fourth-order valence-corrected chi connectivity index (χ4v) is 6.29. The number of hydrogen-bond acceptors (Lipinski definition) is 4. The van der Waals surface area contributed by atoms with Gasteiger partial charge >= 0.3 is 0 Å². The summed E-state index contributed by atoms with van der Waals surface area (Å²) in [6, 6.07) is 7.83. The lowest BCUT2D eigenvalue weighted by Crippen LogP contribution is -2.48. The van der Waals surface area contributed by atoms with E-state index >= 15 is 0 Å². The second-order valence-electron chi connectivity index (χ2n) is 11.2. The largest absolute Gasteiger partial charge is 0.399 e. The fraction of sp³-hybridized carbons (Fsp3) is 0.613. The number of allylic oxidation sites excluding steroid dienone is 2. The maximum absolute atomic E-state index is 13.7. The summed E-state index contributed by atoms with van der Waals surface area (Å²) in [6.07, 6.45) is 19.9. The number of likely N-dealkylation sites (tertiary alicyclic amines) is 1. The van der Waals surface area contributed by atoms with Crippen molar-refractivity contribution in [3.63, 3.8) is 0 Å². The maximum Gasteiger partial charge on any atom is 0.255 e. The van der Waals surface area contributed by atoms with Crippen molar-refractivity contribution in [3.05, 3.63) is 53.3 Å². The van der Waals surface area contributed by atoms with Gasteiger partial charge in [0.25, 0.3) is 11.8 Å². The Morgan fingerprint density at radius 3 is 2.22 bits per heavy atom. The Hall–Kier alpha value is -2.60. The van der Waals surface area contributed by atoms with Crippen molar-refractivity contribution in [2.45, 2.75) is 102 Å². The van der Waals surface area contributed by atoms with Gasteiger partial charge in [0.1, 0.15) is 0 Å². The highest BCUT2D eigenvalue weighted by Crippen LogP contribution is 2.28. The molecule has 1 aliphatic heterocycles. The molecule has 3 fully saturated rings. The summed E-state index contributed by atoms with van der Waals surface area (Å²) in [4.78, 5) is 29.4. The first-order chi connectivity index (χ1) is 18.0. The Morgan fingerprint density at radius 1 is 0.919 bits per heavy atom. The standard InChI is InChI=1S/C31H46N4O2/c1-2-29(34-30(36)24-13-10-14-25(32)22-24)28(21-23-11-6-5-7-12-23)31(37)33-26-17-19-35(20-18-26)27-15-8-3-4-9-16-27/h2,10,13-14,21-23,26-27H,3-9,11-12,15-20,32H2,1H3,(H,33,37)(H,34,36)/b28-21+,29-2+. The zero-order valence-corrected chi connectivity index (χ0v) is 22.6. The predicted octanol–water partition coefficient (Wildman–Crippen LogP) is 5.71. The van der Waals surface area contributed by atoms with Crippen molar-refractivity contribution in [2.24, 2.45) is 5.92 Å². The second kappa shape index (κ2) is 13.8. The van der Waals surface area contributed by atoms with Crippen LogP contribution in [0.5, 0.6) is 0 Å². The van der Waals surface area contributed by atoms with Crippen LogP contribution in [0.3, 0.4) is 0 Å². The summed E-state index contributed by atoms with van der Waals surface area (Å²) >= 11 is 0. The minimum absolute atomic E-state index is 0.0699. The fourth-order valence-electron chi connectivity index (χ4n) is 6.29. The van der Waals surface area contributed by atoms with Crippen LogP contribution in [0.4, 0.5) is 5.69 Å². The molecule has 6 heteroatoms. The molecule has 0 radical (unpaired) electrons. The molecule has 0 spiro atoms. The number of benzene rings is 1. The summed E-state index contributed by atoms with van der Waals surface area (Å²) in [5.41, 5.74) is 8.09. The van der Waals surface area contributed by atoms with Crippen LogP contribution in [0, 0.1) is 5.92 Å². The van der Waals surface area contributed by atoms with E-state index in [-0.39, 0.29) is 17.9 Å². The van der Waals surface area contributed by atoms with Crippen LogP contribution in [-0.2, 0) is 4.79 Å². The highest BCUT2D eigenvalue weighted by atomic mass is 16.2. The molecule has 2 aliphatic carbocycles. The van der Waals surface area contributed by atoms with Crippen LogP contribution in [0.25, 0.3) is 0 Å². The minimum atomic E-state index is -0.251. The number of nitrogens with one attached hydrogen (secondary N) is 2. The molecule has 2 saturated carbocycles. The van der Waals surface area contributed by atoms with Crippen molar-refractivity contribution in [1.82, 2.24) is 15.5 Å². The van der Waals surface area contributed by atoms with E-state index in [9.17, 15) is 9.59 Å². The Balaban J connectivity index is 1.42. The summed E-state index contributed by atoms with van der Waals surface area (Å²) in [6.45, 7) is 3.99. The SMILES string of the molecule is C/C=C(NC(=O)c1cccc(N)c1)\C(=C/C1CCCCC1)C(=O)NC1CCN(C2CCCCCC2)CC1. The average molecular weight is 507 g/mol. The van der Waals surface area contributed by atoms with Gasteiger partial charge in [0.05, 0.1) is 5.57 Å². The van der Waals surface area contributed by atoms with Gasteiger partial charge in [-0.05, 0) is 69.6 Å². The Bertz CT molecular complexity index is 963. The number of nitrogens with two attached hydrogens (primary N) is 1. The number of nitrogens with zero attached hydrogens (tertiary/aromatic N) is 1. The van der Waals surface area contributed by atoms with Crippen LogP contribution >= 0.6 is 0 Å². The highest BCUT2D eigenvalue weighted by Gasteiger charge is 2.28. The van der Waals surface area contributed by atoms with Crippen molar-refractivity contribution < 1.29 is 9.59 Å². The number of nitrogen functional groups attached to an aromatic ring is 1. The first kappa shape index (κ1) is 27.4. The van der Waals surface area contributed by atoms with Crippen molar-refractivity contribution >= 4 is 17.5 Å². The quantitative estimate of drug-likeness (QED) is 0.191. The van der Waals surface area contributed by atoms with Gasteiger partial charge in [0, 0.05) is 42.1 Å². The Kier molecular flexibility index (Phi) is 10.2. The number of carbonyl (C=O) groups is 2. The van der Waals surface area contributed by atoms with E-state index < -0.39 is 0 Å². The van der Waals surface area contributed by atoms with Crippen LogP contribution in [0.2, 0.25) is 0 Å². The molecule has 1 heterocycles. The third kappa shape index (κ3) is 7.94. The van der Waals surface area contributed by atoms with E-state index in [1.807, 2.05) is 13.0 Å². The molecule has 37 heavy (non-hydrogen) atoms. The van der Waals surface area contributed by atoms with Crippen LogP contribution in [0.1, 0.15) is 101 Å². The van der Waals surface area contributed by atoms with E-state index in [4.69, 9.17) is 5.73 Å². The van der Waals surface area contributed by atoms with Gasteiger partial charge in [-0.2, -0.15) is 0 Å². The van der Waals surface area contributed by atoms with Gasteiger partial charge in [0.2, 0.25) is 0 Å². The Labute approximate surface area is 223 Å². The lowest BCUT2D eigenvalue weighted by Gasteiger charge is -2.37. The van der Waals surface area contributed by atoms with E-state index in [1.165, 1.54) is 57.8 Å². The van der Waals surface area contributed by atoms with E-state index in [0.717, 1.165) is 44.8 Å². The normalized spacial score (nSPS) is 21.9. The molecule has 4 rings (SSSR count). The van der Waals surface area contributed by atoms with Gasteiger partial charge in [-0.1, -0.05) is 63.2 Å². The van der Waals surface area contributed by atoms with Gasteiger partial charge in [-0.15, -0.1) is 0 Å². The predicted molar refractivity (Wildman–Crippen MR) is 151 cm³/mol. The molecule has 1 aromatic rings. The molecule has 0 atom stereocenters. The number of amides is 2. The molecule has 2 amide bonds. The molecule has 202 valence electrons. The molecule has 4 N–H and O–H groups in total. The number of anilines is 1. The van der Waals surface area contributed by atoms with Gasteiger partial charge in [-0.3, -0.25) is 9.59 Å². The van der Waals surface area contributed by atoms with E-state index in [2.05, 4.69) is 21.6 Å². The number of carbonyl (C=O) groups excluding carboxylic acids is 2. The monoisotopic (exact) mass is 506 g/mol. The number of piperidine rings is 1. The lowest BCUT2D eigenvalue weighted by atomic mass is 9.87. The number of hydrogen-bond donors (Lipinski definition) is 3. The van der Waals surface area contributed by atoms with Crippen molar-refractivity contribution in [1.29, 1.82) is 0 Å². The third-order valence-corrected chi connectivity index (χ3v) is 8.48. The molecule has 1 aromatic carbocycles. The van der Waals surface area contributed by atoms with Crippen LogP contribution in [0.15, 0.2) is 47.7 Å². The molecular weight excluding hydrogens is 460 g/mol. The topological polar surface area (TPSA) is 87.5 Å². The van der Waals surface area contributed by atoms with Gasteiger partial charge in [0.15, 0.2) is 0 Å². The first-order valence-corrected chi connectivity index (χ1v) is 14.6. The van der Waals surface area contributed by atoms with Crippen molar-refractivity contribution in [3.8, 4) is 0 Å². The molecule has 3 aliphatic rings. The first-order valence-electron chi connectivity index (χ1n) is 14.6. The lowest BCUT2D eigenvalue weighted by molar-refractivity contribution is -0.118. The summed E-state index contributed by atoms with van der Waals surface area (Å²) in [5, 5.41) is 6.34. The second-order valence-corrected chi connectivity index (χ2v) is 11.2. The summed E-state index contributed by atoms with van der Waals surface area (Å²) < 4.78 is 0. The van der Waals surface area contributed by atoms with Crippen LogP contribution in [-0.4, -0.2) is 41.9 Å². The molecule has 6 nitrogen and oxygen atoms in total. The molecular formula is C31H46N4O2. The van der Waals surface area contributed by atoms with E-state index in [0.29, 0.717) is 28.4 Å². The summed E-state index contributed by atoms with van der Waals surface area (Å²) in [5.74, 6) is 0.0460. The third-order valence-electron chi connectivity index (χ3n) is 8.48. The maximum atomic E-state index is 13.7. The highest BCUT2D eigenvalue weighted by molar-refractivity contribution is 6.02. The zero-order valence-electron chi connectivity index (χ0n) is 22.6. The van der Waals surface area contributed by atoms with E-state index in [1.54, 1.807) is 24.3 Å². The zero-order chi connectivity index (χ0) is 26.0. The van der Waals surface area contributed by atoms with Crippen LogP contribution < -0.4 is 16.4 Å². The van der Waals surface area contributed by atoms with Gasteiger partial charge < -0.3 is 21.3 Å². The van der Waals surface area contributed by atoms with Crippen molar-refractivity contribution in [2.75, 3.05) is 18.8 Å². The minimum Gasteiger partial charge on any atom is -0.399 e. The Morgan fingerprint density at radius 2 is 1.57 bits per heavy atom. The molecule has 0 bridgehead atoms. The van der Waals surface area contributed by atoms with Gasteiger partial charge in [-0.25, -0.2) is 0 Å². The average Bonchev–Trinajstić information content (AvgIpc) is 3.21.